The number of anilines is 1. The molecular weight excluding hydrogens is 526 g/mol. The Hall–Kier alpha value is -2.62. The van der Waals surface area contributed by atoms with Crippen molar-refractivity contribution in [3.63, 3.8) is 0 Å². The second kappa shape index (κ2) is 13.4. The molecule has 0 saturated heterocycles. The lowest BCUT2D eigenvalue weighted by atomic mass is 9.89. The molecule has 2 aromatic rings. The minimum absolute atomic E-state index is 0.0254. The third-order valence-corrected chi connectivity index (χ3v) is 9.68. The summed E-state index contributed by atoms with van der Waals surface area (Å²) in [7, 11) is -1.66. The average Bonchev–Trinajstić information content (AvgIpc) is 2.96. The predicted octanol–water partition coefficient (Wildman–Crippen LogP) is 4.46. The first-order valence-electron chi connectivity index (χ1n) is 14.5. The number of aliphatic hydroxyl groups excluding tert-OH is 1. The fourth-order valence-corrected chi connectivity index (χ4v) is 6.88. The van der Waals surface area contributed by atoms with Gasteiger partial charge in [-0.15, -0.1) is 0 Å². The molecule has 4 rings (SSSR count). The lowest BCUT2D eigenvalue weighted by molar-refractivity contribution is -0.134. The van der Waals surface area contributed by atoms with Gasteiger partial charge >= 0.3 is 0 Å². The topological polar surface area (TPSA) is 99.2 Å². The standard InChI is InChI=1S/C31H45N3O5S/c1-22-10-13-28(14-11-22)40(37,38)32-27-12-15-29-26(16-27)17-31(36)34(24(3)21-35)18-23(2)30(39-29)20-33(4)19-25-8-6-5-7-9-25/h10-16,23-25,30,32,35H,5-9,17-21H2,1-4H3/t23-,24+,30-/m0/s1. The highest BCUT2D eigenvalue weighted by molar-refractivity contribution is 7.92. The highest BCUT2D eigenvalue weighted by Crippen LogP contribution is 2.31. The molecule has 40 heavy (non-hydrogen) atoms. The van der Waals surface area contributed by atoms with E-state index in [9.17, 15) is 18.3 Å². The Labute approximate surface area is 239 Å². The van der Waals surface area contributed by atoms with Crippen molar-refractivity contribution in [3.8, 4) is 5.75 Å². The van der Waals surface area contributed by atoms with Crippen LogP contribution in [0.3, 0.4) is 0 Å². The third-order valence-electron chi connectivity index (χ3n) is 8.29. The van der Waals surface area contributed by atoms with Gasteiger partial charge in [0.05, 0.1) is 24.0 Å². The van der Waals surface area contributed by atoms with E-state index in [0.717, 1.165) is 12.1 Å². The van der Waals surface area contributed by atoms with Gasteiger partial charge < -0.3 is 19.6 Å². The smallest absolute Gasteiger partial charge is 0.261 e. The number of fused-ring (bicyclic) bond motifs is 1. The minimum Gasteiger partial charge on any atom is -0.488 e. The number of hydrogen-bond acceptors (Lipinski definition) is 6. The molecule has 0 aromatic heterocycles. The molecule has 3 atom stereocenters. The summed E-state index contributed by atoms with van der Waals surface area (Å²) in [4.78, 5) is 17.7. The maximum absolute atomic E-state index is 13.5. The van der Waals surface area contributed by atoms with Gasteiger partial charge in [0.2, 0.25) is 5.91 Å². The fraction of sp³-hybridized carbons (Fsp3) is 0.581. The molecule has 220 valence electrons. The molecule has 2 N–H and O–H groups in total. The van der Waals surface area contributed by atoms with E-state index >= 15 is 0 Å². The van der Waals surface area contributed by atoms with Crippen LogP contribution in [0.2, 0.25) is 0 Å². The third kappa shape index (κ3) is 7.77. The van der Waals surface area contributed by atoms with Crippen LogP contribution < -0.4 is 9.46 Å². The molecule has 1 fully saturated rings. The zero-order valence-electron chi connectivity index (χ0n) is 24.3. The number of carbonyl (C=O) groups excluding carboxylic acids is 1. The first-order valence-corrected chi connectivity index (χ1v) is 16.0. The number of ether oxygens (including phenoxy) is 1. The molecular formula is C31H45N3O5S. The number of hydrogen-bond donors (Lipinski definition) is 2. The number of aliphatic hydroxyl groups is 1. The van der Waals surface area contributed by atoms with Crippen LogP contribution in [0.15, 0.2) is 47.4 Å². The van der Waals surface area contributed by atoms with Crippen molar-refractivity contribution in [2.75, 3.05) is 38.0 Å². The molecule has 0 spiro atoms. The first-order chi connectivity index (χ1) is 19.1. The summed E-state index contributed by atoms with van der Waals surface area (Å²) >= 11 is 0. The van der Waals surface area contributed by atoms with Crippen LogP contribution in [0.4, 0.5) is 5.69 Å². The lowest BCUT2D eigenvalue weighted by Crippen LogP contribution is -2.48. The van der Waals surface area contributed by atoms with Gasteiger partial charge in [-0.25, -0.2) is 8.42 Å². The SMILES string of the molecule is Cc1ccc(S(=O)(=O)Nc2ccc3c(c2)CC(=O)N([C@H](C)CO)C[C@H](C)[C@H](CN(C)CC2CCCCC2)O3)cc1. The van der Waals surface area contributed by atoms with Crippen LogP contribution in [-0.4, -0.2) is 74.7 Å². The van der Waals surface area contributed by atoms with E-state index < -0.39 is 10.0 Å². The molecule has 2 aliphatic rings. The Kier molecular flexibility index (Phi) is 10.1. The second-order valence-corrected chi connectivity index (χ2v) is 13.5. The van der Waals surface area contributed by atoms with Gasteiger partial charge in [-0.3, -0.25) is 9.52 Å². The number of sulfonamides is 1. The Bertz CT molecular complexity index is 1240. The fourth-order valence-electron chi connectivity index (χ4n) is 5.83. The van der Waals surface area contributed by atoms with Gasteiger partial charge in [-0.2, -0.15) is 0 Å². The number of benzene rings is 2. The van der Waals surface area contributed by atoms with Crippen LogP contribution in [0.25, 0.3) is 0 Å². The van der Waals surface area contributed by atoms with E-state index in [1.165, 1.54) is 32.1 Å². The maximum atomic E-state index is 13.5. The molecule has 1 aliphatic carbocycles. The highest BCUT2D eigenvalue weighted by atomic mass is 32.2. The zero-order valence-corrected chi connectivity index (χ0v) is 25.1. The molecule has 1 aliphatic heterocycles. The van der Waals surface area contributed by atoms with E-state index in [1.807, 2.05) is 13.8 Å². The van der Waals surface area contributed by atoms with Crippen molar-refractivity contribution < 1.29 is 23.1 Å². The van der Waals surface area contributed by atoms with Crippen molar-refractivity contribution in [2.24, 2.45) is 11.8 Å². The Balaban J connectivity index is 1.60. The van der Waals surface area contributed by atoms with Gasteiger partial charge in [-0.05, 0) is 70.0 Å². The summed E-state index contributed by atoms with van der Waals surface area (Å²) in [5, 5.41) is 9.90. The van der Waals surface area contributed by atoms with Gasteiger partial charge in [-0.1, -0.05) is 43.9 Å². The van der Waals surface area contributed by atoms with Gasteiger partial charge in [0, 0.05) is 36.8 Å². The van der Waals surface area contributed by atoms with E-state index in [1.54, 1.807) is 47.4 Å². The average molecular weight is 572 g/mol. The van der Waals surface area contributed by atoms with Crippen molar-refractivity contribution in [2.45, 2.75) is 76.3 Å². The summed E-state index contributed by atoms with van der Waals surface area (Å²) in [5.41, 5.74) is 1.97. The quantitative estimate of drug-likeness (QED) is 0.461. The summed E-state index contributed by atoms with van der Waals surface area (Å²) in [6.07, 6.45) is 6.34. The van der Waals surface area contributed by atoms with Crippen molar-refractivity contribution in [3.05, 3.63) is 53.6 Å². The van der Waals surface area contributed by atoms with Crippen LogP contribution >= 0.6 is 0 Å². The van der Waals surface area contributed by atoms with E-state index in [0.29, 0.717) is 36.0 Å². The lowest BCUT2D eigenvalue weighted by Gasteiger charge is -2.35. The molecule has 0 unspecified atom stereocenters. The van der Waals surface area contributed by atoms with E-state index in [-0.39, 0.29) is 41.9 Å². The molecule has 1 heterocycles. The predicted molar refractivity (Wildman–Crippen MR) is 158 cm³/mol. The summed E-state index contributed by atoms with van der Waals surface area (Å²) in [6, 6.07) is 11.5. The number of aryl methyl sites for hydroxylation is 1. The Morgan fingerprint density at radius 3 is 2.48 bits per heavy atom. The number of carbonyl (C=O) groups is 1. The van der Waals surface area contributed by atoms with Crippen LogP contribution in [0, 0.1) is 18.8 Å². The van der Waals surface area contributed by atoms with Gasteiger partial charge in [0.25, 0.3) is 10.0 Å². The molecule has 2 aromatic carbocycles. The van der Waals surface area contributed by atoms with Crippen molar-refractivity contribution >= 4 is 21.6 Å². The molecule has 9 heteroatoms. The van der Waals surface area contributed by atoms with Crippen LogP contribution in [-0.2, 0) is 21.2 Å². The molecule has 1 amide bonds. The largest absolute Gasteiger partial charge is 0.488 e. The number of nitrogens with zero attached hydrogens (tertiary/aromatic N) is 2. The molecule has 8 nitrogen and oxygen atoms in total. The normalized spacial score (nSPS) is 21.6. The minimum atomic E-state index is -3.80. The van der Waals surface area contributed by atoms with Crippen molar-refractivity contribution in [1.82, 2.24) is 9.80 Å². The van der Waals surface area contributed by atoms with Gasteiger partial charge in [0.15, 0.2) is 0 Å². The Morgan fingerprint density at radius 2 is 1.80 bits per heavy atom. The summed E-state index contributed by atoms with van der Waals surface area (Å²) in [5.74, 6) is 1.20. The van der Waals surface area contributed by atoms with Crippen LogP contribution in [0.1, 0.15) is 57.1 Å². The van der Waals surface area contributed by atoms with Crippen molar-refractivity contribution in [1.29, 1.82) is 0 Å². The zero-order chi connectivity index (χ0) is 28.9. The van der Waals surface area contributed by atoms with Gasteiger partial charge in [0.1, 0.15) is 11.9 Å². The first kappa shape index (κ1) is 30.3. The number of nitrogens with one attached hydrogen (secondary N) is 1. The molecule has 1 saturated carbocycles. The second-order valence-electron chi connectivity index (χ2n) is 11.9. The maximum Gasteiger partial charge on any atom is 0.261 e. The highest BCUT2D eigenvalue weighted by Gasteiger charge is 2.31. The number of likely N-dealkylation sites (N-methyl/N-ethyl adjacent to an activating group) is 1. The summed E-state index contributed by atoms with van der Waals surface area (Å²) in [6.45, 7) is 7.93. The van der Waals surface area contributed by atoms with Crippen LogP contribution in [0.5, 0.6) is 5.75 Å². The number of amides is 1. The Morgan fingerprint density at radius 1 is 1.10 bits per heavy atom. The number of rotatable bonds is 9. The molecule has 0 radical (unpaired) electrons. The molecule has 0 bridgehead atoms. The summed E-state index contributed by atoms with van der Waals surface area (Å²) < 4.78 is 35.3. The monoisotopic (exact) mass is 571 g/mol. The van der Waals surface area contributed by atoms with E-state index in [2.05, 4.69) is 23.6 Å². The van der Waals surface area contributed by atoms with E-state index in [4.69, 9.17) is 4.74 Å².